The Bertz CT molecular complexity index is 614. The fourth-order valence-corrected chi connectivity index (χ4v) is 2.22. The van der Waals surface area contributed by atoms with Gasteiger partial charge in [0.1, 0.15) is 5.75 Å². The molecular weight excluding hydrogens is 281 g/mol. The Morgan fingerprint density at radius 2 is 2.00 bits per heavy atom. The third-order valence-corrected chi connectivity index (χ3v) is 3.18. The third-order valence-electron chi connectivity index (χ3n) is 3.18. The molecule has 1 unspecified atom stereocenters. The summed E-state index contributed by atoms with van der Waals surface area (Å²) in [5, 5.41) is 2.90. The summed E-state index contributed by atoms with van der Waals surface area (Å²) in [5.41, 5.74) is 0.0655. The van der Waals surface area contributed by atoms with E-state index in [2.05, 4.69) is 10.3 Å². The number of pyridine rings is 1. The predicted octanol–water partition coefficient (Wildman–Crippen LogP) is 3.42. The van der Waals surface area contributed by atoms with Crippen molar-refractivity contribution in [3.05, 3.63) is 59.4 Å². The minimum absolute atomic E-state index is 0.0840. The first kappa shape index (κ1) is 15.3. The number of benzene rings is 1. The van der Waals surface area contributed by atoms with Gasteiger partial charge < -0.3 is 10.1 Å². The fraction of sp³-hybridized carbons (Fsp3) is 0.267. The number of nitrogens with zero attached hydrogens (tertiary/aromatic N) is 1. The average molecular weight is 296 g/mol. The topological polar surface area (TPSA) is 34.1 Å². The number of aromatic nitrogens is 1. The lowest BCUT2D eigenvalue weighted by atomic mass is 9.96. The van der Waals surface area contributed by atoms with Crippen molar-refractivity contribution in [2.24, 2.45) is 0 Å². The zero-order valence-corrected chi connectivity index (χ0v) is 11.6. The van der Waals surface area contributed by atoms with Gasteiger partial charge in [-0.2, -0.15) is 13.2 Å². The number of alkyl halides is 3. The summed E-state index contributed by atoms with van der Waals surface area (Å²) in [6.07, 6.45) is -2.04. The standard InChI is InChI=1S/C15H15F3N2O/c1-19-14(10-4-3-5-11(8-10)21-2)12-9-20-7-6-13(12)15(16,17)18/h3-9,14,19H,1-2H3. The molecule has 6 heteroatoms. The molecule has 1 atom stereocenters. The van der Waals surface area contributed by atoms with E-state index in [0.717, 1.165) is 12.3 Å². The first-order valence-electron chi connectivity index (χ1n) is 6.29. The quantitative estimate of drug-likeness (QED) is 0.938. The zero-order valence-electron chi connectivity index (χ0n) is 11.6. The predicted molar refractivity (Wildman–Crippen MR) is 73.1 cm³/mol. The largest absolute Gasteiger partial charge is 0.497 e. The number of halogens is 3. The second-order valence-electron chi connectivity index (χ2n) is 4.46. The highest BCUT2D eigenvalue weighted by Gasteiger charge is 2.35. The van der Waals surface area contributed by atoms with E-state index in [-0.39, 0.29) is 5.56 Å². The van der Waals surface area contributed by atoms with E-state index in [1.54, 1.807) is 31.3 Å². The fourth-order valence-electron chi connectivity index (χ4n) is 2.22. The summed E-state index contributed by atoms with van der Waals surface area (Å²) in [6.45, 7) is 0. The van der Waals surface area contributed by atoms with Crippen molar-refractivity contribution in [3.8, 4) is 5.75 Å². The molecule has 1 aromatic carbocycles. The summed E-state index contributed by atoms with van der Waals surface area (Å²) in [4.78, 5) is 3.82. The first-order chi connectivity index (χ1) is 9.97. The summed E-state index contributed by atoms with van der Waals surface area (Å²) < 4.78 is 44.5. The van der Waals surface area contributed by atoms with E-state index in [9.17, 15) is 13.2 Å². The van der Waals surface area contributed by atoms with Crippen LogP contribution in [-0.4, -0.2) is 19.1 Å². The molecule has 1 aromatic heterocycles. The van der Waals surface area contributed by atoms with Gasteiger partial charge in [-0.1, -0.05) is 12.1 Å². The molecule has 0 aliphatic rings. The molecule has 0 amide bonds. The van der Waals surface area contributed by atoms with Crippen molar-refractivity contribution < 1.29 is 17.9 Å². The van der Waals surface area contributed by atoms with Crippen LogP contribution in [0.4, 0.5) is 13.2 Å². The van der Waals surface area contributed by atoms with Crippen LogP contribution in [0.15, 0.2) is 42.7 Å². The number of methoxy groups -OCH3 is 1. The normalized spacial score (nSPS) is 13.0. The number of hydrogen-bond acceptors (Lipinski definition) is 3. The highest BCUT2D eigenvalue weighted by molar-refractivity contribution is 5.39. The summed E-state index contributed by atoms with van der Waals surface area (Å²) in [7, 11) is 3.12. The van der Waals surface area contributed by atoms with Crippen LogP contribution in [0, 0.1) is 0 Å². The Morgan fingerprint density at radius 3 is 2.62 bits per heavy atom. The maximum absolute atomic E-state index is 13.1. The highest BCUT2D eigenvalue weighted by Crippen LogP contribution is 2.36. The van der Waals surface area contributed by atoms with Crippen molar-refractivity contribution in [2.45, 2.75) is 12.2 Å². The molecule has 0 aliphatic heterocycles. The molecule has 2 aromatic rings. The molecule has 21 heavy (non-hydrogen) atoms. The third kappa shape index (κ3) is 3.33. The molecule has 0 saturated heterocycles. The van der Waals surface area contributed by atoms with E-state index in [0.29, 0.717) is 11.3 Å². The van der Waals surface area contributed by atoms with Crippen molar-refractivity contribution in [3.63, 3.8) is 0 Å². The van der Waals surface area contributed by atoms with Gasteiger partial charge in [0.05, 0.1) is 18.7 Å². The van der Waals surface area contributed by atoms with Gasteiger partial charge >= 0.3 is 6.18 Å². The second kappa shape index (κ2) is 6.13. The first-order valence-corrected chi connectivity index (χ1v) is 6.29. The molecule has 0 fully saturated rings. The number of rotatable bonds is 4. The molecule has 0 radical (unpaired) electrons. The van der Waals surface area contributed by atoms with Crippen molar-refractivity contribution in [2.75, 3.05) is 14.2 Å². The molecule has 0 saturated carbocycles. The van der Waals surface area contributed by atoms with Crippen LogP contribution < -0.4 is 10.1 Å². The minimum atomic E-state index is -4.42. The van der Waals surface area contributed by atoms with Crippen molar-refractivity contribution in [1.29, 1.82) is 0 Å². The molecular formula is C15H15F3N2O. The van der Waals surface area contributed by atoms with Gasteiger partial charge in [-0.05, 0) is 30.8 Å². The Balaban J connectivity index is 2.51. The Morgan fingerprint density at radius 1 is 1.24 bits per heavy atom. The summed E-state index contributed by atoms with van der Waals surface area (Å²) >= 11 is 0. The van der Waals surface area contributed by atoms with Crippen LogP contribution in [0.3, 0.4) is 0 Å². The van der Waals surface area contributed by atoms with Crippen molar-refractivity contribution >= 4 is 0 Å². The van der Waals surface area contributed by atoms with Gasteiger partial charge in [-0.3, -0.25) is 4.98 Å². The molecule has 0 aliphatic carbocycles. The number of ether oxygens (including phenoxy) is 1. The van der Waals surface area contributed by atoms with E-state index >= 15 is 0 Å². The maximum Gasteiger partial charge on any atom is 0.416 e. The minimum Gasteiger partial charge on any atom is -0.497 e. The van der Waals surface area contributed by atoms with Gasteiger partial charge in [0.2, 0.25) is 0 Å². The Labute approximate surface area is 120 Å². The molecule has 3 nitrogen and oxygen atoms in total. The lowest BCUT2D eigenvalue weighted by molar-refractivity contribution is -0.138. The van der Waals surface area contributed by atoms with E-state index in [1.807, 2.05) is 0 Å². The lowest BCUT2D eigenvalue weighted by Crippen LogP contribution is -2.22. The zero-order chi connectivity index (χ0) is 15.5. The molecule has 2 rings (SSSR count). The molecule has 0 spiro atoms. The maximum atomic E-state index is 13.1. The van der Waals surface area contributed by atoms with E-state index in [1.165, 1.54) is 13.3 Å². The summed E-state index contributed by atoms with van der Waals surface area (Å²) in [6, 6.07) is 7.29. The van der Waals surface area contributed by atoms with Crippen molar-refractivity contribution in [1.82, 2.24) is 10.3 Å². The number of hydrogen-bond donors (Lipinski definition) is 1. The molecule has 112 valence electrons. The van der Waals surface area contributed by atoms with Crippen LogP contribution >= 0.6 is 0 Å². The summed E-state index contributed by atoms with van der Waals surface area (Å²) in [5.74, 6) is 0.588. The van der Waals surface area contributed by atoms with E-state index in [4.69, 9.17) is 4.74 Å². The van der Waals surface area contributed by atoms with Gasteiger partial charge in [0.15, 0.2) is 0 Å². The van der Waals surface area contributed by atoms with Gasteiger partial charge in [0, 0.05) is 18.0 Å². The van der Waals surface area contributed by atoms with Crippen LogP contribution in [0.25, 0.3) is 0 Å². The molecule has 0 bridgehead atoms. The lowest BCUT2D eigenvalue weighted by Gasteiger charge is -2.21. The molecule has 1 N–H and O–H groups in total. The molecule has 1 heterocycles. The van der Waals surface area contributed by atoms with Gasteiger partial charge in [-0.15, -0.1) is 0 Å². The van der Waals surface area contributed by atoms with Gasteiger partial charge in [-0.25, -0.2) is 0 Å². The van der Waals surface area contributed by atoms with Crippen LogP contribution in [0.1, 0.15) is 22.7 Å². The number of nitrogens with one attached hydrogen (secondary N) is 1. The second-order valence-corrected chi connectivity index (χ2v) is 4.46. The smallest absolute Gasteiger partial charge is 0.416 e. The SMILES string of the molecule is CNC(c1cccc(OC)c1)c1cnccc1C(F)(F)F. The van der Waals surface area contributed by atoms with E-state index < -0.39 is 17.8 Å². The van der Waals surface area contributed by atoms with Gasteiger partial charge in [0.25, 0.3) is 0 Å². The Kier molecular flexibility index (Phi) is 4.47. The highest BCUT2D eigenvalue weighted by atomic mass is 19.4. The monoisotopic (exact) mass is 296 g/mol. The Hall–Kier alpha value is -2.08. The average Bonchev–Trinajstić information content (AvgIpc) is 2.48. The van der Waals surface area contributed by atoms with Crippen LogP contribution in [0.5, 0.6) is 5.75 Å². The van der Waals surface area contributed by atoms with Crippen LogP contribution in [-0.2, 0) is 6.18 Å². The van der Waals surface area contributed by atoms with Crippen LogP contribution in [0.2, 0.25) is 0 Å².